The summed E-state index contributed by atoms with van der Waals surface area (Å²) in [5.74, 6) is 1.58. The van der Waals surface area contributed by atoms with E-state index in [9.17, 15) is 9.90 Å². The summed E-state index contributed by atoms with van der Waals surface area (Å²) in [6, 6.07) is 10.4. The number of nitrogens with zero attached hydrogens (tertiary/aromatic N) is 3. The Hall–Kier alpha value is -3.81. The summed E-state index contributed by atoms with van der Waals surface area (Å²) < 4.78 is 11.0. The lowest BCUT2D eigenvalue weighted by Crippen LogP contribution is -2.32. The first kappa shape index (κ1) is 25.8. The van der Waals surface area contributed by atoms with Crippen LogP contribution < -0.4 is 19.7 Å². The van der Waals surface area contributed by atoms with Gasteiger partial charge in [0.2, 0.25) is 0 Å². The van der Waals surface area contributed by atoms with E-state index in [-0.39, 0.29) is 6.42 Å². The number of aromatic nitrogens is 2. The van der Waals surface area contributed by atoms with Gasteiger partial charge in [-0.3, -0.25) is 4.98 Å². The van der Waals surface area contributed by atoms with E-state index in [2.05, 4.69) is 29.1 Å². The van der Waals surface area contributed by atoms with Crippen LogP contribution in [0.3, 0.4) is 0 Å². The number of ether oxygens (including phenoxy) is 2. The van der Waals surface area contributed by atoms with Crippen molar-refractivity contribution in [3.8, 4) is 22.6 Å². The molecule has 2 N–H and O–H groups in total. The van der Waals surface area contributed by atoms with Gasteiger partial charge in [-0.15, -0.1) is 0 Å². The number of benzene rings is 1. The maximum absolute atomic E-state index is 12.2. The minimum absolute atomic E-state index is 0.222. The van der Waals surface area contributed by atoms with Crippen molar-refractivity contribution < 1.29 is 19.4 Å². The minimum atomic E-state index is -0.944. The molecule has 3 aromatic rings. The molecule has 2 aromatic heterocycles. The smallest absolute Gasteiger partial charge is 0.326 e. The highest BCUT2D eigenvalue weighted by atomic mass is 16.5. The number of anilines is 2. The normalized spacial score (nSPS) is 11.7. The van der Waals surface area contributed by atoms with Gasteiger partial charge in [-0.25, -0.2) is 9.78 Å². The fraction of sp³-hybridized carbons (Fsp3) is 0.370. The second-order valence-electron chi connectivity index (χ2n) is 9.01. The zero-order valence-corrected chi connectivity index (χ0v) is 21.2. The van der Waals surface area contributed by atoms with E-state index in [1.54, 1.807) is 20.4 Å². The van der Waals surface area contributed by atoms with Crippen LogP contribution >= 0.6 is 0 Å². The van der Waals surface area contributed by atoms with Gasteiger partial charge in [0, 0.05) is 55.9 Å². The number of hydrogen-bond donors (Lipinski definition) is 2. The SMILES string of the molecule is COc1cccc(OC)c1-c1ccc(C[C@H](Nc2cc(N(C)C)ncc2CC(C)C)C(=O)O)nc1. The molecule has 0 fully saturated rings. The highest BCUT2D eigenvalue weighted by Gasteiger charge is 2.21. The van der Waals surface area contributed by atoms with Crippen LogP contribution in [-0.4, -0.2) is 55.4 Å². The Morgan fingerprint density at radius 3 is 2.23 bits per heavy atom. The van der Waals surface area contributed by atoms with Gasteiger partial charge >= 0.3 is 5.97 Å². The number of carboxylic acid groups (broad SMARTS) is 1. The molecule has 0 saturated carbocycles. The second-order valence-corrected chi connectivity index (χ2v) is 9.01. The van der Waals surface area contributed by atoms with Crippen LogP contribution in [0.2, 0.25) is 0 Å². The van der Waals surface area contributed by atoms with E-state index in [1.807, 2.05) is 61.6 Å². The quantitative estimate of drug-likeness (QED) is 0.415. The van der Waals surface area contributed by atoms with Crippen molar-refractivity contribution in [2.75, 3.05) is 38.5 Å². The largest absolute Gasteiger partial charge is 0.496 e. The van der Waals surface area contributed by atoms with E-state index < -0.39 is 12.0 Å². The third kappa shape index (κ3) is 6.41. The molecule has 1 atom stereocenters. The third-order valence-corrected chi connectivity index (χ3v) is 5.64. The Kier molecular flexibility index (Phi) is 8.52. The minimum Gasteiger partial charge on any atom is -0.496 e. The standard InChI is InChI=1S/C27H34N4O4/c1-17(2)12-19-16-29-25(31(3)4)14-21(19)30-22(27(32)33)13-20-11-10-18(15-28-20)26-23(34-5)8-7-9-24(26)35-6/h7-11,14-17,22H,12-13H2,1-6H3,(H,29,30)(H,32,33)/t22-/m0/s1. The maximum Gasteiger partial charge on any atom is 0.326 e. The van der Waals surface area contributed by atoms with E-state index in [0.717, 1.165) is 34.6 Å². The van der Waals surface area contributed by atoms with E-state index >= 15 is 0 Å². The lowest BCUT2D eigenvalue weighted by atomic mass is 10.0. The summed E-state index contributed by atoms with van der Waals surface area (Å²) in [7, 11) is 7.03. The fourth-order valence-corrected chi connectivity index (χ4v) is 3.88. The van der Waals surface area contributed by atoms with Crippen molar-refractivity contribution in [1.29, 1.82) is 0 Å². The Labute approximate surface area is 206 Å². The average molecular weight is 479 g/mol. The molecule has 186 valence electrons. The second kappa shape index (κ2) is 11.6. The van der Waals surface area contributed by atoms with Gasteiger partial charge in [0.1, 0.15) is 23.4 Å². The van der Waals surface area contributed by atoms with Crippen LogP contribution in [0.4, 0.5) is 11.5 Å². The van der Waals surface area contributed by atoms with Crippen LogP contribution in [0.5, 0.6) is 11.5 Å². The molecule has 0 spiro atoms. The maximum atomic E-state index is 12.2. The molecule has 8 nitrogen and oxygen atoms in total. The van der Waals surface area contributed by atoms with Crippen molar-refractivity contribution in [2.24, 2.45) is 5.92 Å². The van der Waals surface area contributed by atoms with Crippen molar-refractivity contribution in [3.63, 3.8) is 0 Å². The van der Waals surface area contributed by atoms with Crippen molar-refractivity contribution >= 4 is 17.5 Å². The number of rotatable bonds is 11. The summed E-state index contributed by atoms with van der Waals surface area (Å²) in [5, 5.41) is 13.2. The van der Waals surface area contributed by atoms with E-state index in [0.29, 0.717) is 23.1 Å². The van der Waals surface area contributed by atoms with E-state index in [1.165, 1.54) is 0 Å². The third-order valence-electron chi connectivity index (χ3n) is 5.64. The predicted molar refractivity (Wildman–Crippen MR) is 139 cm³/mol. The molecule has 0 aliphatic heterocycles. The molecule has 3 rings (SSSR count). The predicted octanol–water partition coefficient (Wildman–Crippen LogP) is 4.53. The topological polar surface area (TPSA) is 96.8 Å². The van der Waals surface area contributed by atoms with Crippen LogP contribution in [0.25, 0.3) is 11.1 Å². The molecule has 35 heavy (non-hydrogen) atoms. The summed E-state index contributed by atoms with van der Waals surface area (Å²) in [6.45, 7) is 4.25. The zero-order valence-electron chi connectivity index (χ0n) is 21.2. The molecule has 0 saturated heterocycles. The van der Waals surface area contributed by atoms with Crippen LogP contribution in [0, 0.1) is 5.92 Å². The number of hydrogen-bond acceptors (Lipinski definition) is 7. The first-order valence-corrected chi connectivity index (χ1v) is 11.5. The number of nitrogens with one attached hydrogen (secondary N) is 1. The van der Waals surface area contributed by atoms with Gasteiger partial charge in [0.25, 0.3) is 0 Å². The molecule has 8 heteroatoms. The van der Waals surface area contributed by atoms with Gasteiger partial charge in [0.05, 0.1) is 19.8 Å². The zero-order chi connectivity index (χ0) is 25.5. The van der Waals surface area contributed by atoms with Crippen molar-refractivity contribution in [3.05, 3.63) is 60.0 Å². The number of carbonyl (C=O) groups is 1. The first-order valence-electron chi connectivity index (χ1n) is 11.5. The number of pyridine rings is 2. The van der Waals surface area contributed by atoms with Crippen LogP contribution in [-0.2, 0) is 17.6 Å². The van der Waals surface area contributed by atoms with Gasteiger partial charge in [-0.1, -0.05) is 26.0 Å². The van der Waals surface area contributed by atoms with Gasteiger partial charge < -0.3 is 24.8 Å². The first-order chi connectivity index (χ1) is 16.7. The molecule has 0 bridgehead atoms. The lowest BCUT2D eigenvalue weighted by Gasteiger charge is -2.21. The molecule has 0 amide bonds. The van der Waals surface area contributed by atoms with Gasteiger partial charge in [-0.2, -0.15) is 0 Å². The lowest BCUT2D eigenvalue weighted by molar-refractivity contribution is -0.137. The summed E-state index contributed by atoms with van der Waals surface area (Å²) in [6.07, 6.45) is 4.56. The fourth-order valence-electron chi connectivity index (χ4n) is 3.88. The molecule has 0 unspecified atom stereocenters. The summed E-state index contributed by atoms with van der Waals surface area (Å²) in [4.78, 5) is 23.1. The molecular formula is C27H34N4O4. The molecule has 0 aliphatic carbocycles. The number of methoxy groups -OCH3 is 2. The Morgan fingerprint density at radius 2 is 1.71 bits per heavy atom. The highest BCUT2D eigenvalue weighted by Crippen LogP contribution is 2.37. The Bertz CT molecular complexity index is 1120. The molecule has 0 aliphatic rings. The number of aliphatic carboxylic acids is 1. The van der Waals surface area contributed by atoms with Gasteiger partial charge in [0.15, 0.2) is 0 Å². The summed E-state index contributed by atoms with van der Waals surface area (Å²) in [5.41, 5.74) is 4.06. The Balaban J connectivity index is 1.87. The van der Waals surface area contributed by atoms with Crippen molar-refractivity contribution in [1.82, 2.24) is 9.97 Å². The molecular weight excluding hydrogens is 444 g/mol. The van der Waals surface area contributed by atoms with Crippen LogP contribution in [0.1, 0.15) is 25.1 Å². The van der Waals surface area contributed by atoms with Crippen molar-refractivity contribution in [2.45, 2.75) is 32.7 Å². The number of carboxylic acids is 1. The average Bonchev–Trinajstić information content (AvgIpc) is 2.84. The summed E-state index contributed by atoms with van der Waals surface area (Å²) >= 11 is 0. The van der Waals surface area contributed by atoms with Gasteiger partial charge in [-0.05, 0) is 36.1 Å². The Morgan fingerprint density at radius 1 is 1.03 bits per heavy atom. The molecule has 1 aromatic carbocycles. The monoisotopic (exact) mass is 478 g/mol. The van der Waals surface area contributed by atoms with E-state index in [4.69, 9.17) is 9.47 Å². The van der Waals surface area contributed by atoms with Crippen LogP contribution in [0.15, 0.2) is 48.8 Å². The molecule has 0 radical (unpaired) electrons. The highest BCUT2D eigenvalue weighted by molar-refractivity contribution is 5.79. The molecule has 2 heterocycles.